The lowest BCUT2D eigenvalue weighted by Gasteiger charge is -2.41. The molecule has 1 amide bonds. The summed E-state index contributed by atoms with van der Waals surface area (Å²) < 4.78 is 6.15. The van der Waals surface area contributed by atoms with Crippen molar-refractivity contribution in [2.45, 2.75) is 77.4 Å². The number of hydrogen-bond donors (Lipinski definition) is 2. The molecule has 33 heavy (non-hydrogen) atoms. The maximum absolute atomic E-state index is 13.2. The molecule has 1 aliphatic heterocycles. The SMILES string of the molecule is CC(Cc1ccccc1)C(O)CN1CCC(OCc2cccnc2)CC1C(=O)NC(C)(C)C. The molecule has 1 aromatic heterocycles. The second kappa shape index (κ2) is 11.7. The molecule has 2 aromatic rings. The summed E-state index contributed by atoms with van der Waals surface area (Å²) in [5.41, 5.74) is 1.93. The lowest BCUT2D eigenvalue weighted by atomic mass is 9.92. The summed E-state index contributed by atoms with van der Waals surface area (Å²) in [4.78, 5) is 19.5. The van der Waals surface area contributed by atoms with Gasteiger partial charge in [0.15, 0.2) is 0 Å². The molecule has 4 unspecified atom stereocenters. The number of pyridine rings is 1. The first-order valence-electron chi connectivity index (χ1n) is 12.0. The Labute approximate surface area is 198 Å². The molecule has 4 atom stereocenters. The molecule has 1 saturated heterocycles. The number of likely N-dealkylation sites (tertiary alicyclic amines) is 1. The van der Waals surface area contributed by atoms with Gasteiger partial charge in [0.2, 0.25) is 5.91 Å². The van der Waals surface area contributed by atoms with Crippen LogP contribution in [-0.4, -0.2) is 57.8 Å². The first-order valence-corrected chi connectivity index (χ1v) is 12.0. The maximum atomic E-state index is 13.2. The number of nitrogens with one attached hydrogen (secondary N) is 1. The number of rotatable bonds is 9. The van der Waals surface area contributed by atoms with Crippen LogP contribution in [0.2, 0.25) is 0 Å². The number of aliphatic hydroxyl groups is 1. The van der Waals surface area contributed by atoms with Gasteiger partial charge in [-0.3, -0.25) is 14.7 Å². The van der Waals surface area contributed by atoms with E-state index in [4.69, 9.17) is 4.74 Å². The zero-order valence-electron chi connectivity index (χ0n) is 20.4. The Bertz CT molecular complexity index is 854. The molecule has 1 fully saturated rings. The average molecular weight is 454 g/mol. The second-order valence-corrected chi connectivity index (χ2v) is 10.3. The van der Waals surface area contributed by atoms with Crippen molar-refractivity contribution in [2.24, 2.45) is 5.92 Å². The van der Waals surface area contributed by atoms with Crippen LogP contribution in [0, 0.1) is 5.92 Å². The van der Waals surface area contributed by atoms with Gasteiger partial charge in [-0.1, -0.05) is 43.3 Å². The molecule has 3 rings (SSSR count). The van der Waals surface area contributed by atoms with Gasteiger partial charge < -0.3 is 15.2 Å². The number of carbonyl (C=O) groups is 1. The minimum Gasteiger partial charge on any atom is -0.392 e. The summed E-state index contributed by atoms with van der Waals surface area (Å²) in [5.74, 6) is 0.0957. The highest BCUT2D eigenvalue weighted by molar-refractivity contribution is 5.82. The molecule has 0 radical (unpaired) electrons. The fraction of sp³-hybridized carbons (Fsp3) is 0.556. The molecule has 6 heteroatoms. The highest BCUT2D eigenvalue weighted by Gasteiger charge is 2.36. The van der Waals surface area contributed by atoms with Crippen LogP contribution in [0.4, 0.5) is 0 Å². The largest absolute Gasteiger partial charge is 0.392 e. The molecule has 2 N–H and O–H groups in total. The monoisotopic (exact) mass is 453 g/mol. The van der Waals surface area contributed by atoms with Crippen LogP contribution in [0.1, 0.15) is 51.7 Å². The first kappa shape index (κ1) is 25.3. The van der Waals surface area contributed by atoms with E-state index in [1.165, 1.54) is 5.56 Å². The molecule has 0 bridgehead atoms. The summed E-state index contributed by atoms with van der Waals surface area (Å²) in [6, 6.07) is 13.8. The van der Waals surface area contributed by atoms with Gasteiger partial charge in [0, 0.05) is 31.0 Å². The van der Waals surface area contributed by atoms with Gasteiger partial charge in [-0.05, 0) is 63.1 Å². The third-order valence-corrected chi connectivity index (χ3v) is 6.15. The molecule has 0 saturated carbocycles. The van der Waals surface area contributed by atoms with Crippen LogP contribution in [0.15, 0.2) is 54.9 Å². The minimum atomic E-state index is -0.511. The molecule has 0 spiro atoms. The predicted octanol–water partition coefficient (Wildman–Crippen LogP) is 3.59. The van der Waals surface area contributed by atoms with Crippen molar-refractivity contribution in [3.8, 4) is 0 Å². The lowest BCUT2D eigenvalue weighted by molar-refractivity contribution is -0.133. The number of nitrogens with zero attached hydrogens (tertiary/aromatic N) is 2. The van der Waals surface area contributed by atoms with Crippen LogP contribution in [0.25, 0.3) is 0 Å². The Balaban J connectivity index is 1.62. The van der Waals surface area contributed by atoms with Gasteiger partial charge in [-0.15, -0.1) is 0 Å². The van der Waals surface area contributed by atoms with E-state index in [2.05, 4.69) is 34.3 Å². The summed E-state index contributed by atoms with van der Waals surface area (Å²) >= 11 is 0. The molecular formula is C27H39N3O3. The van der Waals surface area contributed by atoms with Crippen LogP contribution < -0.4 is 5.32 Å². The number of amides is 1. The number of benzene rings is 1. The van der Waals surface area contributed by atoms with Gasteiger partial charge >= 0.3 is 0 Å². The third kappa shape index (κ3) is 8.22. The van der Waals surface area contributed by atoms with Gasteiger partial charge in [-0.25, -0.2) is 0 Å². The highest BCUT2D eigenvalue weighted by Crippen LogP contribution is 2.24. The van der Waals surface area contributed by atoms with Crippen LogP contribution in [0.3, 0.4) is 0 Å². The number of hydrogen-bond acceptors (Lipinski definition) is 5. The van der Waals surface area contributed by atoms with Crippen LogP contribution >= 0.6 is 0 Å². The number of carbonyl (C=O) groups excluding carboxylic acids is 1. The molecular weight excluding hydrogens is 414 g/mol. The van der Waals surface area contributed by atoms with E-state index in [1.54, 1.807) is 6.20 Å². The van der Waals surface area contributed by atoms with E-state index in [-0.39, 0.29) is 29.5 Å². The van der Waals surface area contributed by atoms with E-state index in [0.717, 1.165) is 24.9 Å². The Morgan fingerprint density at radius 1 is 1.21 bits per heavy atom. The molecule has 6 nitrogen and oxygen atoms in total. The number of aromatic nitrogens is 1. The van der Waals surface area contributed by atoms with E-state index in [9.17, 15) is 9.90 Å². The third-order valence-electron chi connectivity index (χ3n) is 6.15. The lowest BCUT2D eigenvalue weighted by Crippen LogP contribution is -2.57. The summed E-state index contributed by atoms with van der Waals surface area (Å²) in [6.07, 6.45) is 5.30. The molecule has 1 aliphatic rings. The fourth-order valence-electron chi connectivity index (χ4n) is 4.32. The Kier molecular flexibility index (Phi) is 9.01. The highest BCUT2D eigenvalue weighted by atomic mass is 16.5. The topological polar surface area (TPSA) is 74.7 Å². The van der Waals surface area contributed by atoms with E-state index < -0.39 is 6.10 Å². The zero-order valence-corrected chi connectivity index (χ0v) is 20.4. The number of piperidine rings is 1. The van der Waals surface area contributed by atoms with Crippen molar-refractivity contribution in [1.82, 2.24) is 15.2 Å². The Morgan fingerprint density at radius 3 is 2.61 bits per heavy atom. The second-order valence-electron chi connectivity index (χ2n) is 10.3. The van der Waals surface area contributed by atoms with Crippen molar-refractivity contribution in [1.29, 1.82) is 0 Å². The molecule has 1 aromatic carbocycles. The minimum absolute atomic E-state index is 0.0000835. The van der Waals surface area contributed by atoms with Crippen LogP contribution in [0.5, 0.6) is 0 Å². The van der Waals surface area contributed by atoms with Crippen LogP contribution in [-0.2, 0) is 22.6 Å². The number of β-amino-alcohol motifs (C(OH)–C–C–N with tert-alkyl or cyclic N) is 1. The molecule has 0 aliphatic carbocycles. The average Bonchev–Trinajstić information content (AvgIpc) is 2.78. The van der Waals surface area contributed by atoms with Gasteiger partial charge in [0.25, 0.3) is 0 Å². The van der Waals surface area contributed by atoms with E-state index in [1.807, 2.05) is 57.3 Å². The quantitative estimate of drug-likeness (QED) is 0.607. The van der Waals surface area contributed by atoms with Gasteiger partial charge in [-0.2, -0.15) is 0 Å². The van der Waals surface area contributed by atoms with Crippen molar-refractivity contribution in [2.75, 3.05) is 13.1 Å². The first-order chi connectivity index (χ1) is 15.7. The standard InChI is InChI=1S/C27H39N3O3/c1-20(15-21-9-6-5-7-10-21)25(31)18-30-14-12-23(33-19-22-11-8-13-28-17-22)16-24(30)26(32)29-27(2,3)4/h5-11,13,17,20,23-25,31H,12,14-16,18-19H2,1-4H3,(H,29,32). The number of ether oxygens (including phenoxy) is 1. The van der Waals surface area contributed by atoms with Gasteiger partial charge in [0.05, 0.1) is 24.9 Å². The summed E-state index contributed by atoms with van der Waals surface area (Å²) in [6.45, 7) is 9.73. The number of aliphatic hydroxyl groups excluding tert-OH is 1. The van der Waals surface area contributed by atoms with Crippen molar-refractivity contribution >= 4 is 5.91 Å². The zero-order chi connectivity index (χ0) is 23.8. The Morgan fingerprint density at radius 2 is 1.94 bits per heavy atom. The van der Waals surface area contributed by atoms with Gasteiger partial charge in [0.1, 0.15) is 0 Å². The maximum Gasteiger partial charge on any atom is 0.237 e. The van der Waals surface area contributed by atoms with E-state index in [0.29, 0.717) is 19.6 Å². The Hall–Kier alpha value is -2.28. The predicted molar refractivity (Wildman–Crippen MR) is 131 cm³/mol. The van der Waals surface area contributed by atoms with Crippen molar-refractivity contribution in [3.63, 3.8) is 0 Å². The normalized spacial score (nSPS) is 21.4. The van der Waals surface area contributed by atoms with Crippen molar-refractivity contribution in [3.05, 3.63) is 66.0 Å². The fourth-order valence-corrected chi connectivity index (χ4v) is 4.32. The molecule has 180 valence electrons. The smallest absolute Gasteiger partial charge is 0.237 e. The van der Waals surface area contributed by atoms with E-state index >= 15 is 0 Å². The van der Waals surface area contributed by atoms with Crippen molar-refractivity contribution < 1.29 is 14.6 Å². The molecule has 2 heterocycles. The summed E-state index contributed by atoms with van der Waals surface area (Å²) in [7, 11) is 0. The summed E-state index contributed by atoms with van der Waals surface area (Å²) in [5, 5.41) is 14.1.